The van der Waals surface area contributed by atoms with Gasteiger partial charge in [0.25, 0.3) is 0 Å². The molecule has 0 spiro atoms. The van der Waals surface area contributed by atoms with Gasteiger partial charge in [0.05, 0.1) is 5.52 Å². The summed E-state index contributed by atoms with van der Waals surface area (Å²) in [6, 6.07) is 8.62. The Kier molecular flexibility index (Phi) is 3.08. The smallest absolute Gasteiger partial charge is 0.224 e. The van der Waals surface area contributed by atoms with Gasteiger partial charge in [0.15, 0.2) is 0 Å². The summed E-state index contributed by atoms with van der Waals surface area (Å²) in [5.74, 6) is 0.956. The third-order valence-electron chi connectivity index (χ3n) is 3.76. The molecule has 0 bridgehead atoms. The summed E-state index contributed by atoms with van der Waals surface area (Å²) in [6.45, 7) is 0. The SMILES string of the molecule is CN(c1nc(Cl)nc2ccccc12)C1CCCC1. The van der Waals surface area contributed by atoms with Crippen LogP contribution in [0.4, 0.5) is 5.82 Å². The molecule has 1 aromatic carbocycles. The van der Waals surface area contributed by atoms with Crippen LogP contribution in [0.5, 0.6) is 0 Å². The van der Waals surface area contributed by atoms with Crippen LogP contribution in [-0.2, 0) is 0 Å². The predicted molar refractivity (Wildman–Crippen MR) is 75.2 cm³/mol. The molecule has 3 nitrogen and oxygen atoms in total. The summed E-state index contributed by atoms with van der Waals surface area (Å²) in [5.41, 5.74) is 0.914. The van der Waals surface area contributed by atoms with Gasteiger partial charge in [-0.2, -0.15) is 4.98 Å². The van der Waals surface area contributed by atoms with Crippen molar-refractivity contribution < 1.29 is 0 Å². The van der Waals surface area contributed by atoms with E-state index in [0.717, 1.165) is 16.7 Å². The van der Waals surface area contributed by atoms with Crippen LogP contribution in [0.25, 0.3) is 10.9 Å². The van der Waals surface area contributed by atoms with Crippen molar-refractivity contribution in [1.82, 2.24) is 9.97 Å². The Balaban J connectivity index is 2.09. The summed E-state index contributed by atoms with van der Waals surface area (Å²) >= 11 is 6.03. The van der Waals surface area contributed by atoms with Crippen LogP contribution in [-0.4, -0.2) is 23.1 Å². The number of para-hydroxylation sites is 1. The van der Waals surface area contributed by atoms with Crippen LogP contribution in [0.15, 0.2) is 24.3 Å². The molecule has 0 N–H and O–H groups in total. The molecule has 0 saturated heterocycles. The van der Waals surface area contributed by atoms with Crippen LogP contribution in [0, 0.1) is 0 Å². The predicted octanol–water partition coefficient (Wildman–Crippen LogP) is 3.66. The van der Waals surface area contributed by atoms with Gasteiger partial charge in [-0.1, -0.05) is 25.0 Å². The van der Waals surface area contributed by atoms with Gasteiger partial charge in [0.1, 0.15) is 5.82 Å². The number of fused-ring (bicyclic) bond motifs is 1. The van der Waals surface area contributed by atoms with E-state index in [2.05, 4.69) is 28.0 Å². The number of hydrogen-bond donors (Lipinski definition) is 0. The van der Waals surface area contributed by atoms with Crippen molar-refractivity contribution in [2.45, 2.75) is 31.7 Å². The standard InChI is InChI=1S/C14H16ClN3/c1-18(10-6-2-3-7-10)13-11-8-4-5-9-12(11)16-14(15)17-13/h4-5,8-10H,2-3,6-7H2,1H3. The van der Waals surface area contributed by atoms with Gasteiger partial charge in [-0.3, -0.25) is 0 Å². The first-order valence-electron chi connectivity index (χ1n) is 6.41. The van der Waals surface area contributed by atoms with Gasteiger partial charge in [0.2, 0.25) is 5.28 Å². The third-order valence-corrected chi connectivity index (χ3v) is 3.93. The first-order valence-corrected chi connectivity index (χ1v) is 6.78. The van der Waals surface area contributed by atoms with Gasteiger partial charge in [-0.05, 0) is 36.6 Å². The van der Waals surface area contributed by atoms with E-state index in [-0.39, 0.29) is 0 Å². The minimum atomic E-state index is 0.327. The van der Waals surface area contributed by atoms with Crippen molar-refractivity contribution in [2.24, 2.45) is 0 Å². The summed E-state index contributed by atoms with van der Waals surface area (Å²) in [6.07, 6.45) is 5.11. The minimum absolute atomic E-state index is 0.327. The fourth-order valence-electron chi connectivity index (χ4n) is 2.77. The summed E-state index contributed by atoms with van der Waals surface area (Å²) in [4.78, 5) is 11.0. The fraction of sp³-hybridized carbons (Fsp3) is 0.429. The van der Waals surface area contributed by atoms with Crippen LogP contribution >= 0.6 is 11.6 Å². The molecule has 3 rings (SSSR count). The average molecular weight is 262 g/mol. The summed E-state index contributed by atoms with van der Waals surface area (Å²) < 4.78 is 0. The first-order chi connectivity index (χ1) is 8.75. The van der Waals surface area contributed by atoms with Crippen LogP contribution in [0.3, 0.4) is 0 Å². The highest BCUT2D eigenvalue weighted by Gasteiger charge is 2.22. The lowest BCUT2D eigenvalue weighted by Crippen LogP contribution is -2.29. The minimum Gasteiger partial charge on any atom is -0.356 e. The average Bonchev–Trinajstić information content (AvgIpc) is 2.90. The normalized spacial score (nSPS) is 16.3. The number of rotatable bonds is 2. The zero-order valence-electron chi connectivity index (χ0n) is 10.4. The molecule has 0 unspecified atom stereocenters. The molecule has 1 aliphatic carbocycles. The molecule has 0 atom stereocenters. The number of benzene rings is 1. The summed E-state index contributed by atoms with van der Waals surface area (Å²) in [7, 11) is 2.11. The van der Waals surface area contributed by atoms with Crippen molar-refractivity contribution in [1.29, 1.82) is 0 Å². The Hall–Kier alpha value is -1.35. The molecule has 1 saturated carbocycles. The van der Waals surface area contributed by atoms with Gasteiger partial charge in [-0.15, -0.1) is 0 Å². The highest BCUT2D eigenvalue weighted by Crippen LogP contribution is 2.30. The van der Waals surface area contributed by atoms with Gasteiger partial charge < -0.3 is 4.90 Å². The van der Waals surface area contributed by atoms with Gasteiger partial charge in [-0.25, -0.2) is 4.98 Å². The van der Waals surface area contributed by atoms with E-state index in [1.54, 1.807) is 0 Å². The zero-order valence-corrected chi connectivity index (χ0v) is 11.2. The second-order valence-corrected chi connectivity index (χ2v) is 5.22. The van der Waals surface area contributed by atoms with Crippen molar-refractivity contribution >= 4 is 28.3 Å². The second-order valence-electron chi connectivity index (χ2n) is 4.88. The fourth-order valence-corrected chi connectivity index (χ4v) is 2.94. The van der Waals surface area contributed by atoms with Crippen LogP contribution in [0.2, 0.25) is 5.28 Å². The van der Waals surface area contributed by atoms with E-state index in [0.29, 0.717) is 11.3 Å². The van der Waals surface area contributed by atoms with Crippen LogP contribution in [0.1, 0.15) is 25.7 Å². The lowest BCUT2D eigenvalue weighted by molar-refractivity contribution is 0.648. The second kappa shape index (κ2) is 4.73. The monoisotopic (exact) mass is 261 g/mol. The van der Waals surface area contributed by atoms with E-state index in [1.807, 2.05) is 18.2 Å². The molecule has 0 aliphatic heterocycles. The van der Waals surface area contributed by atoms with Crippen molar-refractivity contribution in [3.05, 3.63) is 29.5 Å². The van der Waals surface area contributed by atoms with Crippen molar-refractivity contribution in [3.63, 3.8) is 0 Å². The first kappa shape index (κ1) is 11.7. The summed E-state index contributed by atoms with van der Waals surface area (Å²) in [5, 5.41) is 1.41. The van der Waals surface area contributed by atoms with E-state index in [9.17, 15) is 0 Å². The lowest BCUT2D eigenvalue weighted by atomic mass is 10.2. The Bertz CT molecular complexity index is 564. The molecule has 2 aromatic rings. The molecule has 18 heavy (non-hydrogen) atoms. The van der Waals surface area contributed by atoms with E-state index in [1.165, 1.54) is 25.7 Å². The molecule has 4 heteroatoms. The number of hydrogen-bond acceptors (Lipinski definition) is 3. The molecular formula is C14H16ClN3. The number of aromatic nitrogens is 2. The van der Waals surface area contributed by atoms with E-state index in [4.69, 9.17) is 11.6 Å². The number of nitrogens with zero attached hydrogens (tertiary/aromatic N) is 3. The molecule has 1 heterocycles. The van der Waals surface area contributed by atoms with Gasteiger partial charge >= 0.3 is 0 Å². The topological polar surface area (TPSA) is 29.0 Å². The Labute approximate surface area is 112 Å². The molecule has 94 valence electrons. The Morgan fingerprint density at radius 3 is 2.67 bits per heavy atom. The largest absolute Gasteiger partial charge is 0.356 e. The Morgan fingerprint density at radius 1 is 1.17 bits per heavy atom. The maximum absolute atomic E-state index is 6.03. The highest BCUT2D eigenvalue weighted by molar-refractivity contribution is 6.28. The highest BCUT2D eigenvalue weighted by atomic mass is 35.5. The van der Waals surface area contributed by atoms with Crippen LogP contribution < -0.4 is 4.90 Å². The quantitative estimate of drug-likeness (QED) is 0.773. The number of anilines is 1. The lowest BCUT2D eigenvalue weighted by Gasteiger charge is -2.26. The van der Waals surface area contributed by atoms with E-state index >= 15 is 0 Å². The maximum Gasteiger partial charge on any atom is 0.224 e. The molecule has 1 aromatic heterocycles. The molecule has 0 amide bonds. The zero-order chi connectivity index (χ0) is 12.5. The maximum atomic E-state index is 6.03. The van der Waals surface area contributed by atoms with Crippen molar-refractivity contribution in [2.75, 3.05) is 11.9 Å². The molecule has 1 aliphatic rings. The third kappa shape index (κ3) is 2.03. The number of halogens is 1. The van der Waals surface area contributed by atoms with E-state index < -0.39 is 0 Å². The molecule has 1 fully saturated rings. The van der Waals surface area contributed by atoms with Crippen molar-refractivity contribution in [3.8, 4) is 0 Å². The van der Waals surface area contributed by atoms with Gasteiger partial charge in [0, 0.05) is 18.5 Å². The molecular weight excluding hydrogens is 246 g/mol. The molecule has 0 radical (unpaired) electrons. The Morgan fingerprint density at radius 2 is 1.89 bits per heavy atom.